The van der Waals surface area contributed by atoms with Crippen LogP contribution in [0.25, 0.3) is 22.4 Å². The molecule has 1 unspecified atom stereocenters. The number of aromatic nitrogens is 2. The van der Waals surface area contributed by atoms with Gasteiger partial charge < -0.3 is 9.15 Å². The van der Waals surface area contributed by atoms with Crippen molar-refractivity contribution in [1.29, 1.82) is 0 Å². The van der Waals surface area contributed by atoms with Gasteiger partial charge >= 0.3 is 5.97 Å². The summed E-state index contributed by atoms with van der Waals surface area (Å²) in [5, 5.41) is 4.97. The SMILES string of the molecule is CC(OC(=O)c1ccc2ocnc2c1)C(=O)Nc1nc(-c2ccccc2)cs1. The van der Waals surface area contributed by atoms with E-state index in [1.54, 1.807) is 18.2 Å². The van der Waals surface area contributed by atoms with Crippen molar-refractivity contribution >= 4 is 39.4 Å². The lowest BCUT2D eigenvalue weighted by Crippen LogP contribution is -2.29. The van der Waals surface area contributed by atoms with Crippen molar-refractivity contribution in [2.24, 2.45) is 0 Å². The molecule has 4 aromatic rings. The van der Waals surface area contributed by atoms with E-state index in [2.05, 4.69) is 15.3 Å². The van der Waals surface area contributed by atoms with Gasteiger partial charge in [-0.25, -0.2) is 14.8 Å². The first-order valence-corrected chi connectivity index (χ1v) is 9.34. The first-order valence-electron chi connectivity index (χ1n) is 8.46. The Morgan fingerprint density at radius 1 is 1.18 bits per heavy atom. The van der Waals surface area contributed by atoms with Crippen molar-refractivity contribution in [3.05, 3.63) is 65.9 Å². The van der Waals surface area contributed by atoms with Gasteiger partial charge in [0.25, 0.3) is 5.91 Å². The maximum Gasteiger partial charge on any atom is 0.338 e. The standard InChI is InChI=1S/C20H15N3O4S/c1-12(27-19(25)14-7-8-17-15(9-14)21-11-26-17)18(24)23-20-22-16(10-28-20)13-5-3-2-4-6-13/h2-12H,1H3,(H,22,23,24). The van der Waals surface area contributed by atoms with Gasteiger partial charge in [0.1, 0.15) is 5.52 Å². The van der Waals surface area contributed by atoms with Gasteiger partial charge in [0, 0.05) is 10.9 Å². The van der Waals surface area contributed by atoms with Crippen molar-refractivity contribution in [2.75, 3.05) is 5.32 Å². The predicted octanol–water partition coefficient (Wildman–Crippen LogP) is 4.14. The minimum atomic E-state index is -0.982. The molecule has 1 atom stereocenters. The zero-order chi connectivity index (χ0) is 19.5. The first kappa shape index (κ1) is 17.9. The highest BCUT2D eigenvalue weighted by Crippen LogP contribution is 2.24. The largest absolute Gasteiger partial charge is 0.449 e. The quantitative estimate of drug-likeness (QED) is 0.512. The Hall–Kier alpha value is -3.52. The summed E-state index contributed by atoms with van der Waals surface area (Å²) >= 11 is 1.31. The number of thiazole rings is 1. The summed E-state index contributed by atoms with van der Waals surface area (Å²) in [6.07, 6.45) is 0.317. The summed E-state index contributed by atoms with van der Waals surface area (Å²) in [4.78, 5) is 33.0. The smallest absolute Gasteiger partial charge is 0.338 e. The highest BCUT2D eigenvalue weighted by Gasteiger charge is 2.20. The summed E-state index contributed by atoms with van der Waals surface area (Å²) in [6, 6.07) is 14.4. The Kier molecular flexibility index (Phi) is 4.86. The highest BCUT2D eigenvalue weighted by molar-refractivity contribution is 7.14. The van der Waals surface area contributed by atoms with Gasteiger partial charge in [-0.15, -0.1) is 11.3 Å². The van der Waals surface area contributed by atoms with E-state index < -0.39 is 18.0 Å². The van der Waals surface area contributed by atoms with Crippen LogP contribution in [0.5, 0.6) is 0 Å². The van der Waals surface area contributed by atoms with Crippen molar-refractivity contribution in [3.63, 3.8) is 0 Å². The van der Waals surface area contributed by atoms with Gasteiger partial charge in [-0.05, 0) is 25.1 Å². The zero-order valence-corrected chi connectivity index (χ0v) is 15.6. The number of amides is 1. The Morgan fingerprint density at radius 2 is 2.00 bits per heavy atom. The number of nitrogens with one attached hydrogen (secondary N) is 1. The maximum absolute atomic E-state index is 12.3. The van der Waals surface area contributed by atoms with E-state index in [0.717, 1.165) is 11.3 Å². The van der Waals surface area contributed by atoms with Crippen LogP contribution >= 0.6 is 11.3 Å². The normalized spacial score (nSPS) is 11.9. The fourth-order valence-corrected chi connectivity index (χ4v) is 3.27. The van der Waals surface area contributed by atoms with E-state index in [9.17, 15) is 9.59 Å². The number of benzene rings is 2. The fraction of sp³-hybridized carbons (Fsp3) is 0.100. The number of fused-ring (bicyclic) bond motifs is 1. The Labute approximate surface area is 164 Å². The second kappa shape index (κ2) is 7.61. The summed E-state index contributed by atoms with van der Waals surface area (Å²) in [7, 11) is 0. The Morgan fingerprint density at radius 3 is 2.82 bits per heavy atom. The molecule has 0 saturated heterocycles. The third kappa shape index (κ3) is 3.77. The molecule has 1 amide bonds. The number of hydrogen-bond donors (Lipinski definition) is 1. The molecular formula is C20H15N3O4S. The van der Waals surface area contributed by atoms with Crippen LogP contribution in [0.4, 0.5) is 5.13 Å². The number of carbonyl (C=O) groups excluding carboxylic acids is 2. The molecule has 0 radical (unpaired) electrons. The van der Waals surface area contributed by atoms with Crippen LogP contribution in [0.1, 0.15) is 17.3 Å². The molecule has 4 rings (SSSR count). The highest BCUT2D eigenvalue weighted by atomic mass is 32.1. The molecule has 0 aliphatic rings. The molecule has 0 aliphatic heterocycles. The van der Waals surface area contributed by atoms with E-state index in [4.69, 9.17) is 9.15 Å². The number of hydrogen-bond acceptors (Lipinski definition) is 7. The molecule has 2 aromatic carbocycles. The molecule has 1 N–H and O–H groups in total. The second-order valence-electron chi connectivity index (χ2n) is 5.98. The van der Waals surface area contributed by atoms with Crippen LogP contribution in [0.3, 0.4) is 0 Å². The van der Waals surface area contributed by atoms with E-state index in [1.165, 1.54) is 24.7 Å². The van der Waals surface area contributed by atoms with Crippen molar-refractivity contribution < 1.29 is 18.7 Å². The van der Waals surface area contributed by atoms with E-state index in [1.807, 2.05) is 35.7 Å². The third-order valence-electron chi connectivity index (χ3n) is 4.02. The molecule has 140 valence electrons. The fourth-order valence-electron chi connectivity index (χ4n) is 2.55. The zero-order valence-electron chi connectivity index (χ0n) is 14.8. The molecule has 8 heteroatoms. The topological polar surface area (TPSA) is 94.3 Å². The van der Waals surface area contributed by atoms with Gasteiger partial charge in [0.15, 0.2) is 23.2 Å². The van der Waals surface area contributed by atoms with Crippen LogP contribution in [0.15, 0.2) is 64.7 Å². The number of oxazole rings is 1. The average Bonchev–Trinajstić information content (AvgIpc) is 3.37. The minimum absolute atomic E-state index is 0.293. The number of rotatable bonds is 5. The van der Waals surface area contributed by atoms with Crippen LogP contribution in [0, 0.1) is 0 Å². The van der Waals surface area contributed by atoms with E-state index in [0.29, 0.717) is 21.8 Å². The monoisotopic (exact) mass is 393 g/mol. The third-order valence-corrected chi connectivity index (χ3v) is 4.78. The van der Waals surface area contributed by atoms with Gasteiger partial charge in [0.05, 0.1) is 11.3 Å². The van der Waals surface area contributed by atoms with E-state index >= 15 is 0 Å². The van der Waals surface area contributed by atoms with Gasteiger partial charge in [-0.1, -0.05) is 30.3 Å². The minimum Gasteiger partial charge on any atom is -0.449 e. The molecule has 0 saturated carbocycles. The molecule has 0 fully saturated rings. The van der Waals surface area contributed by atoms with Gasteiger partial charge in [-0.2, -0.15) is 0 Å². The Bertz CT molecular complexity index is 1140. The van der Waals surface area contributed by atoms with Crippen molar-refractivity contribution in [3.8, 4) is 11.3 Å². The molecule has 0 aliphatic carbocycles. The molecule has 0 bridgehead atoms. The summed E-state index contributed by atoms with van der Waals surface area (Å²) in [6.45, 7) is 1.51. The molecule has 2 heterocycles. The number of nitrogens with zero attached hydrogens (tertiary/aromatic N) is 2. The number of esters is 1. The second-order valence-corrected chi connectivity index (χ2v) is 6.83. The molecule has 0 spiro atoms. The lowest BCUT2D eigenvalue weighted by molar-refractivity contribution is -0.123. The number of carbonyl (C=O) groups is 2. The lowest BCUT2D eigenvalue weighted by atomic mass is 10.2. The maximum atomic E-state index is 12.3. The van der Waals surface area contributed by atoms with Crippen molar-refractivity contribution in [2.45, 2.75) is 13.0 Å². The van der Waals surface area contributed by atoms with Crippen LogP contribution in [-0.4, -0.2) is 27.9 Å². The number of anilines is 1. The summed E-state index contributed by atoms with van der Waals surface area (Å²) in [5.41, 5.74) is 3.14. The Balaban J connectivity index is 1.39. The lowest BCUT2D eigenvalue weighted by Gasteiger charge is -2.12. The van der Waals surface area contributed by atoms with Gasteiger partial charge in [-0.3, -0.25) is 10.1 Å². The summed E-state index contributed by atoms with van der Waals surface area (Å²) < 4.78 is 10.4. The predicted molar refractivity (Wildman–Crippen MR) is 105 cm³/mol. The average molecular weight is 393 g/mol. The van der Waals surface area contributed by atoms with Gasteiger partial charge in [0.2, 0.25) is 0 Å². The first-order chi connectivity index (χ1) is 13.6. The molecule has 7 nitrogen and oxygen atoms in total. The molecule has 28 heavy (non-hydrogen) atoms. The number of ether oxygens (including phenoxy) is 1. The van der Waals surface area contributed by atoms with Crippen LogP contribution < -0.4 is 5.32 Å². The van der Waals surface area contributed by atoms with E-state index in [-0.39, 0.29) is 0 Å². The van der Waals surface area contributed by atoms with Crippen LogP contribution in [-0.2, 0) is 9.53 Å². The molecule has 2 aromatic heterocycles. The van der Waals surface area contributed by atoms with Crippen LogP contribution in [0.2, 0.25) is 0 Å². The molecular weight excluding hydrogens is 378 g/mol. The summed E-state index contributed by atoms with van der Waals surface area (Å²) in [5.74, 6) is -1.07. The van der Waals surface area contributed by atoms with Crippen molar-refractivity contribution in [1.82, 2.24) is 9.97 Å².